The molecule has 1 atom stereocenters. The molecule has 0 saturated carbocycles. The summed E-state index contributed by atoms with van der Waals surface area (Å²) < 4.78 is 28.6. The Morgan fingerprint density at radius 3 is 2.29 bits per heavy atom. The van der Waals surface area contributed by atoms with Crippen LogP contribution in [0.4, 0.5) is 0 Å². The molecule has 0 aromatic heterocycles. The Hall–Kier alpha value is -0.260. The first-order valence-corrected chi connectivity index (χ1v) is 6.31. The monoisotopic (exact) mass is 244 g/mol. The maximum atomic E-state index is 10.8. The zero-order valence-electron chi connectivity index (χ0n) is 7.02. The van der Waals surface area contributed by atoms with E-state index in [1.807, 2.05) is 0 Å². The van der Waals surface area contributed by atoms with Crippen LogP contribution in [-0.2, 0) is 18.0 Å². The molecule has 0 bridgehead atoms. The van der Waals surface area contributed by atoms with Gasteiger partial charge in [-0.05, 0) is 0 Å². The Labute approximate surface area is 80.5 Å². The van der Waals surface area contributed by atoms with E-state index in [2.05, 4.69) is 15.4 Å². The molecule has 0 aliphatic rings. The van der Waals surface area contributed by atoms with Crippen LogP contribution in [0.2, 0.25) is 0 Å². The minimum atomic E-state index is -5.03. The van der Waals surface area contributed by atoms with Gasteiger partial charge in [-0.2, -0.15) is 4.31 Å². The normalized spacial score (nSPS) is 16.8. The Bertz CT molecular complexity index is 303. The molecule has 9 heteroatoms. The van der Waals surface area contributed by atoms with Gasteiger partial charge in [0.2, 0.25) is 0 Å². The zero-order valence-corrected chi connectivity index (χ0v) is 8.80. The highest BCUT2D eigenvalue weighted by molar-refractivity contribution is 7.60. The van der Waals surface area contributed by atoms with Gasteiger partial charge in [-0.15, -0.1) is 0 Å². The maximum Gasteiger partial charge on any atom is 0.481 e. The van der Waals surface area contributed by atoms with E-state index in [0.717, 1.165) is 0 Å². The van der Waals surface area contributed by atoms with E-state index in [-0.39, 0.29) is 6.61 Å². The summed E-state index contributed by atoms with van der Waals surface area (Å²) in [6.07, 6.45) is 4.14. The van der Waals surface area contributed by atoms with Crippen molar-refractivity contribution < 1.29 is 32.6 Å². The summed E-state index contributed by atoms with van der Waals surface area (Å²) in [4.78, 5) is 25.1. The smallest absolute Gasteiger partial charge is 0.302 e. The van der Waals surface area contributed by atoms with E-state index < -0.39 is 15.6 Å². The fourth-order valence-corrected chi connectivity index (χ4v) is 1.99. The van der Waals surface area contributed by atoms with Gasteiger partial charge in [0, 0.05) is 0 Å². The highest BCUT2D eigenvalue weighted by Crippen LogP contribution is 2.57. The fourth-order valence-electron chi connectivity index (χ4n) is 0.447. The van der Waals surface area contributed by atoms with Crippen LogP contribution >= 0.6 is 15.6 Å². The van der Waals surface area contributed by atoms with Gasteiger partial charge in [0.15, 0.2) is 0 Å². The molecule has 0 fully saturated rings. The number of rotatable bonds is 6. The number of hydrogen-bond acceptors (Lipinski definition) is 4. The summed E-state index contributed by atoms with van der Waals surface area (Å²) >= 11 is 0. The lowest BCUT2D eigenvalue weighted by Gasteiger charge is -2.10. The van der Waals surface area contributed by atoms with Gasteiger partial charge < -0.3 is 14.7 Å². The Balaban J connectivity index is 4.09. The van der Waals surface area contributed by atoms with Crippen LogP contribution in [0.1, 0.15) is 0 Å². The molecule has 0 heterocycles. The first-order chi connectivity index (χ1) is 6.27. The molecule has 0 spiro atoms. The lowest BCUT2D eigenvalue weighted by atomic mass is 10.5. The Morgan fingerprint density at radius 1 is 1.29 bits per heavy atom. The maximum absolute atomic E-state index is 10.8. The van der Waals surface area contributed by atoms with Gasteiger partial charge in [-0.1, -0.05) is 24.8 Å². The third-order valence-corrected chi connectivity index (χ3v) is 2.97. The van der Waals surface area contributed by atoms with E-state index in [1.54, 1.807) is 0 Å². The highest BCUT2D eigenvalue weighted by Gasteiger charge is 2.31. The molecule has 14 heavy (non-hydrogen) atoms. The largest absolute Gasteiger partial charge is 0.481 e. The minimum absolute atomic E-state index is 0.320. The second-order valence-corrected chi connectivity index (χ2v) is 4.83. The lowest BCUT2D eigenvalue weighted by molar-refractivity contribution is 0.191. The second kappa shape index (κ2) is 5.58. The molecular formula is C5H10O7P2. The Kier molecular flexibility index (Phi) is 5.48. The average molecular weight is 244 g/mol. The van der Waals surface area contributed by atoms with Gasteiger partial charge in [0.05, 0.1) is 6.61 Å². The summed E-state index contributed by atoms with van der Waals surface area (Å²) in [6.45, 7) is 3.00. The molecule has 0 aromatic carbocycles. The van der Waals surface area contributed by atoms with Crippen molar-refractivity contribution in [3.05, 3.63) is 24.8 Å². The first-order valence-electron chi connectivity index (χ1n) is 3.28. The van der Waals surface area contributed by atoms with Gasteiger partial charge >= 0.3 is 15.6 Å². The predicted octanol–water partition coefficient (Wildman–Crippen LogP) is 0.955. The molecular weight excluding hydrogens is 234 g/mol. The summed E-state index contributed by atoms with van der Waals surface area (Å²) in [6, 6.07) is 0. The number of phosphoric ester groups is 1. The predicted molar refractivity (Wildman–Crippen MR) is 48.2 cm³/mol. The van der Waals surface area contributed by atoms with Gasteiger partial charge in [-0.3, -0.25) is 4.52 Å². The average Bonchev–Trinajstić information content (AvgIpc) is 1.93. The van der Waals surface area contributed by atoms with Crippen LogP contribution in [0.5, 0.6) is 0 Å². The van der Waals surface area contributed by atoms with Crippen LogP contribution in [0.15, 0.2) is 24.8 Å². The van der Waals surface area contributed by atoms with Crippen LogP contribution in [-0.4, -0.2) is 21.3 Å². The van der Waals surface area contributed by atoms with E-state index in [9.17, 15) is 9.13 Å². The number of allylic oxidation sites excluding steroid dienone is 2. The van der Waals surface area contributed by atoms with Gasteiger partial charge in [-0.25, -0.2) is 9.13 Å². The highest BCUT2D eigenvalue weighted by atomic mass is 31.3. The van der Waals surface area contributed by atoms with Gasteiger partial charge in [0.25, 0.3) is 0 Å². The summed E-state index contributed by atoms with van der Waals surface area (Å²) in [5, 5.41) is 0. The van der Waals surface area contributed by atoms with E-state index in [4.69, 9.17) is 14.7 Å². The van der Waals surface area contributed by atoms with Crippen molar-refractivity contribution in [2.75, 3.05) is 6.61 Å². The molecule has 0 aliphatic heterocycles. The van der Waals surface area contributed by atoms with Crippen molar-refractivity contribution in [1.29, 1.82) is 0 Å². The van der Waals surface area contributed by atoms with Crippen molar-refractivity contribution in [2.45, 2.75) is 0 Å². The fraction of sp³-hybridized carbons (Fsp3) is 0.200. The molecule has 0 amide bonds. The molecule has 7 nitrogen and oxygen atoms in total. The molecule has 3 N–H and O–H groups in total. The van der Waals surface area contributed by atoms with Crippen molar-refractivity contribution in [3.63, 3.8) is 0 Å². The molecule has 0 saturated heterocycles. The molecule has 82 valence electrons. The SMILES string of the molecule is C=C/C=C/COP(=O)(O)OP(=O)(O)O. The van der Waals surface area contributed by atoms with E-state index >= 15 is 0 Å². The van der Waals surface area contributed by atoms with Crippen LogP contribution in [0.25, 0.3) is 0 Å². The quantitative estimate of drug-likeness (QED) is 0.470. The topological polar surface area (TPSA) is 113 Å². The molecule has 0 aromatic rings. The standard InChI is InChI=1S/C5H10O7P2/c1-2-3-4-5-11-14(9,10)12-13(6,7)8/h2-4H,1,5H2,(H,9,10)(H2,6,7,8)/b4-3+. The van der Waals surface area contributed by atoms with Crippen molar-refractivity contribution >= 4 is 15.6 Å². The van der Waals surface area contributed by atoms with E-state index in [1.165, 1.54) is 18.2 Å². The molecule has 0 rings (SSSR count). The minimum Gasteiger partial charge on any atom is -0.302 e. The third-order valence-electron chi connectivity index (χ3n) is 0.816. The van der Waals surface area contributed by atoms with Crippen molar-refractivity contribution in [2.24, 2.45) is 0 Å². The summed E-state index contributed by atoms with van der Waals surface area (Å²) in [5.41, 5.74) is 0. The number of phosphoric acid groups is 2. The van der Waals surface area contributed by atoms with Crippen LogP contribution < -0.4 is 0 Å². The van der Waals surface area contributed by atoms with Crippen molar-refractivity contribution in [3.8, 4) is 0 Å². The van der Waals surface area contributed by atoms with Gasteiger partial charge in [0.1, 0.15) is 0 Å². The third kappa shape index (κ3) is 8.34. The first kappa shape index (κ1) is 13.7. The van der Waals surface area contributed by atoms with Crippen LogP contribution in [0.3, 0.4) is 0 Å². The molecule has 0 radical (unpaired) electrons. The second-order valence-electron chi connectivity index (χ2n) is 2.00. The Morgan fingerprint density at radius 2 is 1.86 bits per heavy atom. The summed E-state index contributed by atoms with van der Waals surface area (Å²) in [5.74, 6) is 0. The number of hydrogen-bond donors (Lipinski definition) is 3. The summed E-state index contributed by atoms with van der Waals surface area (Å²) in [7, 11) is -9.73. The molecule has 1 unspecified atom stereocenters. The lowest BCUT2D eigenvalue weighted by Crippen LogP contribution is -1.93. The zero-order chi connectivity index (χ0) is 11.2. The molecule has 0 aliphatic carbocycles. The van der Waals surface area contributed by atoms with Crippen LogP contribution in [0, 0.1) is 0 Å². The van der Waals surface area contributed by atoms with E-state index in [0.29, 0.717) is 0 Å². The van der Waals surface area contributed by atoms with Crippen molar-refractivity contribution in [1.82, 2.24) is 0 Å².